The van der Waals surface area contributed by atoms with Crippen LogP contribution in [-0.2, 0) is 19.3 Å². The molecule has 0 spiro atoms. The van der Waals surface area contributed by atoms with Gasteiger partial charge in [0.05, 0.1) is 17.6 Å². The summed E-state index contributed by atoms with van der Waals surface area (Å²) < 4.78 is 38.3. The van der Waals surface area contributed by atoms with Crippen molar-refractivity contribution in [2.75, 3.05) is 11.5 Å². The molecule has 0 fully saturated rings. The van der Waals surface area contributed by atoms with E-state index < -0.39 is 17.8 Å². The Labute approximate surface area is 151 Å². The summed E-state index contributed by atoms with van der Waals surface area (Å²) in [6.07, 6.45) is -1.54. The number of hydrogen-bond donors (Lipinski definition) is 4. The van der Waals surface area contributed by atoms with Crippen molar-refractivity contribution in [3.8, 4) is 0 Å². The second-order valence-corrected chi connectivity index (χ2v) is 5.85. The summed E-state index contributed by atoms with van der Waals surface area (Å²) in [7, 11) is 0. The fraction of sp³-hybridized carbons (Fsp3) is 0.188. The highest BCUT2D eigenvalue weighted by Crippen LogP contribution is 2.28. The first-order valence-electron chi connectivity index (χ1n) is 7.78. The van der Waals surface area contributed by atoms with Crippen molar-refractivity contribution in [2.45, 2.75) is 19.3 Å². The lowest BCUT2D eigenvalue weighted by molar-refractivity contribution is -0.141. The number of benzene rings is 1. The van der Waals surface area contributed by atoms with E-state index >= 15 is 0 Å². The van der Waals surface area contributed by atoms with Gasteiger partial charge in [0.2, 0.25) is 0 Å². The average molecular weight is 379 g/mol. The van der Waals surface area contributed by atoms with Crippen molar-refractivity contribution in [3.05, 3.63) is 59.2 Å². The fourth-order valence-corrected chi connectivity index (χ4v) is 2.50. The van der Waals surface area contributed by atoms with Gasteiger partial charge in [-0.05, 0) is 11.6 Å². The van der Waals surface area contributed by atoms with Crippen LogP contribution in [0.3, 0.4) is 0 Å². The zero-order valence-corrected chi connectivity index (χ0v) is 13.9. The first kappa shape index (κ1) is 18.3. The Morgan fingerprint density at radius 2 is 2.00 bits per heavy atom. The van der Waals surface area contributed by atoms with E-state index in [0.29, 0.717) is 28.6 Å². The lowest BCUT2D eigenvalue weighted by Crippen LogP contribution is -2.30. The number of carbonyl (C=O) groups excluding carboxylic acids is 1. The molecule has 0 unspecified atom stereocenters. The predicted molar refractivity (Wildman–Crippen MR) is 91.0 cm³/mol. The molecule has 3 aromatic rings. The Morgan fingerprint density at radius 3 is 2.63 bits per heavy atom. The van der Waals surface area contributed by atoms with Crippen LogP contribution in [0.15, 0.2) is 36.7 Å². The molecule has 2 heterocycles. The maximum atomic E-state index is 12.8. The summed E-state index contributed by atoms with van der Waals surface area (Å²) >= 11 is 0. The Morgan fingerprint density at radius 1 is 1.22 bits per heavy atom. The predicted octanol–water partition coefficient (Wildman–Crippen LogP) is 2.16. The summed E-state index contributed by atoms with van der Waals surface area (Å²) in [5.74, 6) is -0.690. The summed E-state index contributed by atoms with van der Waals surface area (Å²) in [5, 5.41) is 11.8. The molecule has 8 nitrogen and oxygen atoms in total. The lowest BCUT2D eigenvalue weighted by Gasteiger charge is -2.22. The number of alkyl halides is 3. The minimum absolute atomic E-state index is 0.0368. The molecule has 0 saturated heterocycles. The Hall–Kier alpha value is -3.50. The quantitative estimate of drug-likeness (QED) is 0.505. The van der Waals surface area contributed by atoms with Crippen molar-refractivity contribution < 1.29 is 18.0 Å². The molecule has 142 valence electrons. The van der Waals surface area contributed by atoms with Gasteiger partial charge in [-0.3, -0.25) is 15.0 Å². The number of hydrogen-bond acceptors (Lipinski definition) is 5. The van der Waals surface area contributed by atoms with Crippen molar-refractivity contribution in [3.63, 3.8) is 0 Å². The largest absolute Gasteiger partial charge is 0.432 e. The highest BCUT2D eigenvalue weighted by atomic mass is 19.4. The monoisotopic (exact) mass is 379 g/mol. The maximum Gasteiger partial charge on any atom is 0.432 e. The highest BCUT2D eigenvalue weighted by Gasteiger charge is 2.34. The van der Waals surface area contributed by atoms with Gasteiger partial charge in [0, 0.05) is 30.9 Å². The van der Waals surface area contributed by atoms with Crippen LogP contribution in [0.2, 0.25) is 0 Å². The van der Waals surface area contributed by atoms with Crippen LogP contribution in [0.5, 0.6) is 0 Å². The topological polar surface area (TPSA) is 130 Å². The SMILES string of the molecule is Nc1cccc(CN(Cc2cn[nH]c2)C(=O)c2cc(C(F)(F)F)[nH]n2)c1N. The average Bonchev–Trinajstić information content (AvgIpc) is 3.28. The van der Waals surface area contributed by atoms with E-state index in [1.165, 1.54) is 11.1 Å². The number of rotatable bonds is 5. The van der Waals surface area contributed by atoms with E-state index in [1.807, 2.05) is 5.10 Å². The number of anilines is 2. The van der Waals surface area contributed by atoms with Gasteiger partial charge in [0.15, 0.2) is 5.69 Å². The molecule has 0 atom stereocenters. The maximum absolute atomic E-state index is 12.8. The van der Waals surface area contributed by atoms with Gasteiger partial charge in [-0.2, -0.15) is 23.4 Å². The third-order valence-electron chi connectivity index (χ3n) is 3.91. The molecular weight excluding hydrogens is 363 g/mol. The molecule has 0 bridgehead atoms. The molecule has 0 aliphatic heterocycles. The zero-order valence-electron chi connectivity index (χ0n) is 13.9. The van der Waals surface area contributed by atoms with Gasteiger partial charge in [-0.1, -0.05) is 12.1 Å². The van der Waals surface area contributed by atoms with Crippen LogP contribution >= 0.6 is 0 Å². The second kappa shape index (κ2) is 7.02. The van der Waals surface area contributed by atoms with E-state index in [2.05, 4.69) is 15.3 Å². The molecule has 0 saturated carbocycles. The van der Waals surface area contributed by atoms with Crippen LogP contribution in [0.4, 0.5) is 24.5 Å². The lowest BCUT2D eigenvalue weighted by atomic mass is 10.1. The third-order valence-corrected chi connectivity index (χ3v) is 3.91. The molecule has 0 aliphatic carbocycles. The molecule has 3 rings (SSSR count). The molecule has 0 radical (unpaired) electrons. The number of nitrogens with zero attached hydrogens (tertiary/aromatic N) is 3. The number of nitrogens with one attached hydrogen (secondary N) is 2. The first-order chi connectivity index (χ1) is 12.8. The van der Waals surface area contributed by atoms with Crippen molar-refractivity contribution in [1.29, 1.82) is 0 Å². The first-order valence-corrected chi connectivity index (χ1v) is 7.78. The number of nitrogens with two attached hydrogens (primary N) is 2. The van der Waals surface area contributed by atoms with E-state index in [9.17, 15) is 18.0 Å². The summed E-state index contributed by atoms with van der Waals surface area (Å²) in [4.78, 5) is 14.1. The number of aromatic amines is 2. The number of amides is 1. The van der Waals surface area contributed by atoms with Gasteiger partial charge >= 0.3 is 6.18 Å². The number of nitrogen functional groups attached to an aromatic ring is 2. The molecule has 1 aromatic carbocycles. The molecule has 0 aliphatic rings. The Bertz CT molecular complexity index is 934. The van der Waals surface area contributed by atoms with Crippen LogP contribution in [0.1, 0.15) is 27.3 Å². The van der Waals surface area contributed by atoms with Gasteiger partial charge in [0.1, 0.15) is 5.69 Å². The minimum Gasteiger partial charge on any atom is -0.397 e. The standard InChI is InChI=1S/C16H16F3N7O/c17-16(18,19)13-4-12(24-25-13)15(27)26(7-9-5-22-23-6-9)8-10-2-1-3-11(20)14(10)21/h1-6H,7-8,20-21H2,(H,22,23)(H,24,25). The third kappa shape index (κ3) is 4.02. The molecule has 1 amide bonds. The highest BCUT2D eigenvalue weighted by molar-refractivity contribution is 5.92. The zero-order chi connectivity index (χ0) is 19.6. The molecule has 11 heteroatoms. The number of H-pyrrole nitrogens is 2. The van der Waals surface area contributed by atoms with Gasteiger partial charge < -0.3 is 16.4 Å². The van der Waals surface area contributed by atoms with Gasteiger partial charge in [-0.25, -0.2) is 0 Å². The normalized spacial score (nSPS) is 11.5. The van der Waals surface area contributed by atoms with E-state index in [-0.39, 0.29) is 18.8 Å². The van der Waals surface area contributed by atoms with Crippen molar-refractivity contribution >= 4 is 17.3 Å². The molecular formula is C16H16F3N7O. The van der Waals surface area contributed by atoms with Crippen LogP contribution < -0.4 is 11.5 Å². The fourth-order valence-electron chi connectivity index (χ4n) is 2.50. The van der Waals surface area contributed by atoms with E-state index in [0.717, 1.165) is 0 Å². The number of aromatic nitrogens is 4. The Balaban J connectivity index is 1.90. The summed E-state index contributed by atoms with van der Waals surface area (Å²) in [6.45, 7) is 0.132. The minimum atomic E-state index is -4.63. The van der Waals surface area contributed by atoms with Gasteiger partial charge in [0.25, 0.3) is 5.91 Å². The smallest absolute Gasteiger partial charge is 0.397 e. The molecule has 2 aromatic heterocycles. The number of para-hydroxylation sites is 1. The molecule has 27 heavy (non-hydrogen) atoms. The summed E-state index contributed by atoms with van der Waals surface area (Å²) in [6, 6.07) is 5.66. The number of halogens is 3. The Kier molecular flexibility index (Phi) is 4.75. The van der Waals surface area contributed by atoms with Crippen molar-refractivity contribution in [2.24, 2.45) is 0 Å². The van der Waals surface area contributed by atoms with Gasteiger partial charge in [-0.15, -0.1) is 0 Å². The molecule has 6 N–H and O–H groups in total. The number of carbonyl (C=O) groups is 1. The van der Waals surface area contributed by atoms with Crippen LogP contribution in [0, 0.1) is 0 Å². The van der Waals surface area contributed by atoms with Crippen LogP contribution in [-0.4, -0.2) is 31.2 Å². The van der Waals surface area contributed by atoms with E-state index in [4.69, 9.17) is 11.5 Å². The van der Waals surface area contributed by atoms with Crippen LogP contribution in [0.25, 0.3) is 0 Å². The van der Waals surface area contributed by atoms with Crippen molar-refractivity contribution in [1.82, 2.24) is 25.3 Å². The second-order valence-electron chi connectivity index (χ2n) is 5.85. The summed E-state index contributed by atoms with van der Waals surface area (Å²) in [5.41, 5.74) is 12.2. The van der Waals surface area contributed by atoms with E-state index in [1.54, 1.807) is 24.4 Å².